The van der Waals surface area contributed by atoms with Crippen molar-refractivity contribution in [2.24, 2.45) is 0 Å². The van der Waals surface area contributed by atoms with E-state index in [2.05, 4.69) is 171 Å². The van der Waals surface area contributed by atoms with Gasteiger partial charge in [-0.2, -0.15) is 0 Å². The molecule has 0 saturated heterocycles. The van der Waals surface area contributed by atoms with E-state index in [0.29, 0.717) is 0 Å². The van der Waals surface area contributed by atoms with Crippen molar-refractivity contribution in [3.8, 4) is 22.3 Å². The molecule has 1 nitrogen and oxygen atoms in total. The zero-order valence-corrected chi connectivity index (χ0v) is 24.7. The third kappa shape index (κ3) is 5.15. The van der Waals surface area contributed by atoms with E-state index < -0.39 is 0 Å². The molecule has 0 fully saturated rings. The summed E-state index contributed by atoms with van der Waals surface area (Å²) in [4.78, 5) is 2.34. The van der Waals surface area contributed by atoms with Crippen molar-refractivity contribution in [3.63, 3.8) is 0 Å². The first-order valence-electron chi connectivity index (χ1n) is 15.0. The van der Waals surface area contributed by atoms with Crippen LogP contribution in [-0.2, 0) is 6.42 Å². The second-order valence-corrected chi connectivity index (χ2v) is 10.6. The molecule has 0 unspecified atom stereocenters. The Kier molecular flexibility index (Phi) is 8.01. The van der Waals surface area contributed by atoms with Gasteiger partial charge >= 0.3 is 0 Å². The van der Waals surface area contributed by atoms with Gasteiger partial charge in [0.05, 0.1) is 0 Å². The van der Waals surface area contributed by atoms with Crippen LogP contribution in [0.4, 0.5) is 11.4 Å². The van der Waals surface area contributed by atoms with Crippen LogP contribution in [-0.4, -0.2) is 0 Å². The molecule has 0 aliphatic rings. The first-order valence-corrected chi connectivity index (χ1v) is 15.0. The van der Waals surface area contributed by atoms with Crippen molar-refractivity contribution in [1.29, 1.82) is 0 Å². The van der Waals surface area contributed by atoms with E-state index >= 15 is 0 Å². The summed E-state index contributed by atoms with van der Waals surface area (Å²) in [6.45, 7) is 6.47. The normalized spacial score (nSPS) is 11.9. The average Bonchev–Trinajstić information content (AvgIpc) is 3.05. The summed E-state index contributed by atoms with van der Waals surface area (Å²) in [7, 11) is 0. The van der Waals surface area contributed by atoms with Gasteiger partial charge in [0, 0.05) is 17.1 Å². The van der Waals surface area contributed by atoms with E-state index in [0.717, 1.165) is 24.2 Å². The van der Waals surface area contributed by atoms with Crippen molar-refractivity contribution < 1.29 is 0 Å². The molecule has 0 heterocycles. The van der Waals surface area contributed by atoms with Crippen LogP contribution in [0.3, 0.4) is 0 Å². The lowest BCUT2D eigenvalue weighted by Gasteiger charge is -2.27. The van der Waals surface area contributed by atoms with Gasteiger partial charge in [-0.25, -0.2) is 0 Å². The van der Waals surface area contributed by atoms with Gasteiger partial charge in [0.1, 0.15) is 0 Å². The highest BCUT2D eigenvalue weighted by atomic mass is 15.1. The van der Waals surface area contributed by atoms with E-state index in [-0.39, 0.29) is 0 Å². The van der Waals surface area contributed by atoms with Crippen molar-refractivity contribution in [3.05, 3.63) is 157 Å². The molecule has 6 rings (SSSR count). The number of aryl methyl sites for hydroxylation is 1. The highest BCUT2D eigenvalue weighted by Gasteiger charge is 2.18. The molecular formula is C41H37N. The maximum atomic E-state index is 2.34. The molecule has 0 amide bonds. The van der Waals surface area contributed by atoms with Gasteiger partial charge in [0.2, 0.25) is 0 Å². The smallest absolute Gasteiger partial charge is 0.0461 e. The number of anilines is 2. The maximum Gasteiger partial charge on any atom is 0.0461 e. The van der Waals surface area contributed by atoms with Gasteiger partial charge in [-0.05, 0) is 99.5 Å². The summed E-state index contributed by atoms with van der Waals surface area (Å²) in [5, 5.41) is 5.12. The van der Waals surface area contributed by atoms with Crippen LogP contribution in [0.1, 0.15) is 32.8 Å². The van der Waals surface area contributed by atoms with Gasteiger partial charge < -0.3 is 4.90 Å². The number of fused-ring (bicyclic) bond motifs is 2. The molecule has 0 radical (unpaired) electrons. The lowest BCUT2D eigenvalue weighted by Crippen LogP contribution is -2.15. The van der Waals surface area contributed by atoms with Gasteiger partial charge in [-0.15, -0.1) is 0 Å². The molecule has 0 aliphatic carbocycles. The summed E-state index contributed by atoms with van der Waals surface area (Å²) >= 11 is 0. The number of hydrogen-bond acceptors (Lipinski definition) is 1. The molecule has 206 valence electrons. The lowest BCUT2D eigenvalue weighted by atomic mass is 9.86. The fourth-order valence-corrected chi connectivity index (χ4v) is 6.07. The Labute approximate surface area is 250 Å². The Morgan fingerprint density at radius 1 is 0.548 bits per heavy atom. The van der Waals surface area contributed by atoms with Crippen LogP contribution in [0.25, 0.3) is 43.8 Å². The Morgan fingerprint density at radius 3 is 1.45 bits per heavy atom. The number of allylic oxidation sites excluding steroid dienone is 3. The van der Waals surface area contributed by atoms with Crippen LogP contribution in [0, 0.1) is 0 Å². The Bertz CT molecular complexity index is 1820. The van der Waals surface area contributed by atoms with Crippen molar-refractivity contribution in [1.82, 2.24) is 0 Å². The molecule has 6 aromatic carbocycles. The molecule has 0 bridgehead atoms. The molecule has 0 saturated carbocycles. The summed E-state index contributed by atoms with van der Waals surface area (Å²) in [6, 6.07) is 46.6. The minimum absolute atomic E-state index is 0.965. The summed E-state index contributed by atoms with van der Waals surface area (Å²) in [5.74, 6) is 0. The van der Waals surface area contributed by atoms with E-state index in [1.54, 1.807) is 0 Å². The molecule has 0 aromatic heterocycles. The largest absolute Gasteiger partial charge is 0.311 e. The number of benzene rings is 6. The topological polar surface area (TPSA) is 3.24 Å². The van der Waals surface area contributed by atoms with Crippen LogP contribution >= 0.6 is 0 Å². The number of hydrogen-bond donors (Lipinski definition) is 0. The summed E-state index contributed by atoms with van der Waals surface area (Å²) in [6.07, 6.45) is 8.60. The standard InChI is InChI=1S/C41H37N/c1-4-14-33(15-5-2)42(34-16-8-7-9-17-34)35-28-26-32(27-29-35)41-38-20-12-10-18-36(38)40(37-19-11-13-21-39(37)41)31-24-22-30(6-3)23-25-31/h4,7-29H,5-6H2,1-3H3/b14-4-,33-15+. The second-order valence-electron chi connectivity index (χ2n) is 10.6. The van der Waals surface area contributed by atoms with E-state index in [1.165, 1.54) is 55.1 Å². The van der Waals surface area contributed by atoms with Gasteiger partial charge in [-0.3, -0.25) is 0 Å². The fraction of sp³-hybridized carbons (Fsp3) is 0.122. The summed E-state index contributed by atoms with van der Waals surface area (Å²) < 4.78 is 0. The second kappa shape index (κ2) is 12.3. The Hall–Kier alpha value is -4.88. The predicted molar refractivity (Wildman–Crippen MR) is 183 cm³/mol. The van der Waals surface area contributed by atoms with E-state index in [1.807, 2.05) is 0 Å². The lowest BCUT2D eigenvalue weighted by molar-refractivity contribution is 1.13. The molecular weight excluding hydrogens is 506 g/mol. The molecule has 6 aromatic rings. The van der Waals surface area contributed by atoms with Gasteiger partial charge in [0.15, 0.2) is 0 Å². The minimum Gasteiger partial charge on any atom is -0.311 e. The quantitative estimate of drug-likeness (QED) is 0.136. The fourth-order valence-electron chi connectivity index (χ4n) is 6.07. The van der Waals surface area contributed by atoms with E-state index in [4.69, 9.17) is 0 Å². The average molecular weight is 544 g/mol. The molecule has 42 heavy (non-hydrogen) atoms. The Morgan fingerprint density at radius 2 is 1.00 bits per heavy atom. The third-order valence-corrected chi connectivity index (χ3v) is 8.02. The zero-order chi connectivity index (χ0) is 28.9. The predicted octanol–water partition coefficient (Wildman–Crippen LogP) is 11.9. The van der Waals surface area contributed by atoms with Crippen molar-refractivity contribution in [2.75, 3.05) is 4.90 Å². The number of para-hydroxylation sites is 1. The minimum atomic E-state index is 0.965. The van der Waals surface area contributed by atoms with E-state index in [9.17, 15) is 0 Å². The first-order chi connectivity index (χ1) is 20.7. The number of nitrogens with zero attached hydrogens (tertiary/aromatic N) is 1. The van der Waals surface area contributed by atoms with Gasteiger partial charge in [-0.1, -0.05) is 129 Å². The highest BCUT2D eigenvalue weighted by molar-refractivity contribution is 6.21. The van der Waals surface area contributed by atoms with Crippen molar-refractivity contribution >= 4 is 32.9 Å². The molecule has 1 heteroatoms. The zero-order valence-electron chi connectivity index (χ0n) is 24.7. The Balaban J connectivity index is 1.54. The van der Waals surface area contributed by atoms with Crippen molar-refractivity contribution in [2.45, 2.75) is 33.6 Å². The molecule has 0 spiro atoms. The summed E-state index contributed by atoms with van der Waals surface area (Å²) in [5.41, 5.74) is 9.90. The van der Waals surface area contributed by atoms with Crippen LogP contribution < -0.4 is 4.90 Å². The molecule has 0 N–H and O–H groups in total. The van der Waals surface area contributed by atoms with Crippen LogP contribution in [0.2, 0.25) is 0 Å². The third-order valence-electron chi connectivity index (χ3n) is 8.02. The van der Waals surface area contributed by atoms with Crippen LogP contribution in [0.5, 0.6) is 0 Å². The first kappa shape index (κ1) is 27.3. The maximum absolute atomic E-state index is 2.34. The monoisotopic (exact) mass is 543 g/mol. The van der Waals surface area contributed by atoms with Gasteiger partial charge in [0.25, 0.3) is 0 Å². The molecule has 0 atom stereocenters. The number of rotatable bonds is 8. The van der Waals surface area contributed by atoms with Crippen LogP contribution in [0.15, 0.2) is 151 Å². The SMILES string of the molecule is C/C=C\C(=C/CC)N(c1ccccc1)c1ccc(-c2c3ccccc3c(-c3ccc(CC)cc3)c3ccccc23)cc1. The molecule has 0 aliphatic heterocycles. The highest BCUT2D eigenvalue weighted by Crippen LogP contribution is 2.44.